The van der Waals surface area contributed by atoms with Gasteiger partial charge in [-0.05, 0) is 55.3 Å². The van der Waals surface area contributed by atoms with Crippen LogP contribution >= 0.6 is 23.2 Å². The van der Waals surface area contributed by atoms with Gasteiger partial charge < -0.3 is 10.1 Å². The van der Waals surface area contributed by atoms with Crippen LogP contribution in [0.1, 0.15) is 27.4 Å². The van der Waals surface area contributed by atoms with Crippen LogP contribution in [0.5, 0.6) is 0 Å². The minimum atomic E-state index is -0.384. The number of ether oxygens (including phenoxy) is 1. The number of hydrogen-bond donors (Lipinski definition) is 1. The molecule has 4 rings (SSSR count). The molecule has 2 aromatic carbocycles. The van der Waals surface area contributed by atoms with E-state index in [1.807, 2.05) is 19.1 Å². The van der Waals surface area contributed by atoms with Gasteiger partial charge in [0.2, 0.25) is 0 Å². The number of rotatable bonds is 5. The van der Waals surface area contributed by atoms with Crippen LogP contribution in [0.15, 0.2) is 42.5 Å². The number of halogens is 2. The van der Waals surface area contributed by atoms with Crippen molar-refractivity contribution in [2.75, 3.05) is 12.4 Å². The van der Waals surface area contributed by atoms with Gasteiger partial charge in [0, 0.05) is 22.8 Å². The fraction of sp³-hybridized carbons (Fsp3) is 0.182. The van der Waals surface area contributed by atoms with Crippen molar-refractivity contribution >= 4 is 40.4 Å². The number of carbonyl (C=O) groups excluding carboxylic acids is 1. The summed E-state index contributed by atoms with van der Waals surface area (Å²) in [7, 11) is 1.60. The summed E-state index contributed by atoms with van der Waals surface area (Å²) in [6.07, 6.45) is 0. The van der Waals surface area contributed by atoms with Crippen LogP contribution in [0.3, 0.4) is 0 Å². The molecule has 0 spiro atoms. The normalized spacial score (nSPS) is 11.1. The second-order valence-electron chi connectivity index (χ2n) is 7.05. The molecule has 4 aromatic rings. The second-order valence-corrected chi connectivity index (χ2v) is 7.89. The lowest BCUT2D eigenvalue weighted by molar-refractivity contribution is 0.102. The van der Waals surface area contributed by atoms with Gasteiger partial charge in [0.25, 0.3) is 5.91 Å². The number of aryl methyl sites for hydroxylation is 2. The highest BCUT2D eigenvalue weighted by Crippen LogP contribution is 2.30. The van der Waals surface area contributed by atoms with E-state index < -0.39 is 0 Å². The van der Waals surface area contributed by atoms with Crippen molar-refractivity contribution in [3.63, 3.8) is 0 Å². The standard InChI is InChI=1S/C22H19Cl2N5O2/c1-12-10-16(8-9-17(12)24)25-22(30)20-13(2)29-21(27-26-20)19(18(28-29)11-31-3)14-4-6-15(23)7-5-14/h4-10H,11H2,1-3H3,(H,25,30). The Morgan fingerprint density at radius 3 is 2.52 bits per heavy atom. The smallest absolute Gasteiger partial charge is 0.278 e. The molecule has 158 valence electrons. The summed E-state index contributed by atoms with van der Waals surface area (Å²) in [5, 5.41) is 17.3. The van der Waals surface area contributed by atoms with E-state index in [-0.39, 0.29) is 18.2 Å². The second kappa shape index (κ2) is 8.63. The molecular formula is C22H19Cl2N5O2. The maximum absolute atomic E-state index is 12.9. The summed E-state index contributed by atoms with van der Waals surface area (Å²) >= 11 is 12.1. The first kappa shape index (κ1) is 21.2. The fourth-order valence-corrected chi connectivity index (χ4v) is 3.57. The number of amides is 1. The van der Waals surface area contributed by atoms with Gasteiger partial charge in [-0.1, -0.05) is 35.3 Å². The number of nitrogens with one attached hydrogen (secondary N) is 1. The highest BCUT2D eigenvalue weighted by Gasteiger charge is 2.22. The number of anilines is 1. The predicted octanol–water partition coefficient (Wildman–Crippen LogP) is 5.11. The molecule has 2 aromatic heterocycles. The van der Waals surface area contributed by atoms with Gasteiger partial charge in [0.15, 0.2) is 11.3 Å². The number of hydrogen-bond acceptors (Lipinski definition) is 5. The predicted molar refractivity (Wildman–Crippen MR) is 121 cm³/mol. The van der Waals surface area contributed by atoms with Gasteiger partial charge in [0.05, 0.1) is 23.6 Å². The first-order valence-corrected chi connectivity index (χ1v) is 10.2. The molecule has 0 aliphatic carbocycles. The number of fused-ring (bicyclic) bond motifs is 1. The van der Waals surface area contributed by atoms with Crippen LogP contribution in [-0.2, 0) is 11.3 Å². The highest BCUT2D eigenvalue weighted by molar-refractivity contribution is 6.31. The van der Waals surface area contributed by atoms with E-state index in [0.717, 1.165) is 16.7 Å². The van der Waals surface area contributed by atoms with Crippen molar-refractivity contribution in [3.05, 3.63) is 75.2 Å². The molecule has 0 aliphatic rings. The molecule has 0 bridgehead atoms. The topological polar surface area (TPSA) is 81.4 Å². The lowest BCUT2D eigenvalue weighted by Crippen LogP contribution is -2.18. The Morgan fingerprint density at radius 1 is 1.10 bits per heavy atom. The Kier molecular flexibility index (Phi) is 5.91. The molecule has 2 heterocycles. The number of carbonyl (C=O) groups is 1. The maximum Gasteiger partial charge on any atom is 0.278 e. The maximum atomic E-state index is 12.9. The monoisotopic (exact) mass is 455 g/mol. The van der Waals surface area contributed by atoms with E-state index in [2.05, 4.69) is 20.6 Å². The average molecular weight is 456 g/mol. The number of aromatic nitrogens is 4. The van der Waals surface area contributed by atoms with Crippen LogP contribution in [0, 0.1) is 13.8 Å². The first-order chi connectivity index (χ1) is 14.9. The Hall–Kier alpha value is -3.00. The highest BCUT2D eigenvalue weighted by atomic mass is 35.5. The van der Waals surface area contributed by atoms with Gasteiger partial charge in [-0.15, -0.1) is 10.2 Å². The van der Waals surface area contributed by atoms with Crippen molar-refractivity contribution in [1.82, 2.24) is 19.8 Å². The zero-order chi connectivity index (χ0) is 22.1. The third-order valence-corrected chi connectivity index (χ3v) is 5.56. The third-order valence-electron chi connectivity index (χ3n) is 4.88. The largest absolute Gasteiger partial charge is 0.378 e. The van der Waals surface area contributed by atoms with Crippen LogP contribution in [0.2, 0.25) is 10.0 Å². The third kappa shape index (κ3) is 4.12. The number of methoxy groups -OCH3 is 1. The van der Waals surface area contributed by atoms with E-state index in [9.17, 15) is 4.79 Å². The molecule has 9 heteroatoms. The van der Waals surface area contributed by atoms with Gasteiger partial charge in [-0.25, -0.2) is 4.52 Å². The number of benzene rings is 2. The molecule has 0 fully saturated rings. The van der Waals surface area contributed by atoms with Crippen LogP contribution in [-0.4, -0.2) is 32.8 Å². The van der Waals surface area contributed by atoms with E-state index in [1.54, 1.807) is 48.9 Å². The van der Waals surface area contributed by atoms with E-state index in [4.69, 9.17) is 27.9 Å². The summed E-state index contributed by atoms with van der Waals surface area (Å²) < 4.78 is 6.94. The van der Waals surface area contributed by atoms with Gasteiger partial charge >= 0.3 is 0 Å². The Bertz CT molecular complexity index is 1290. The van der Waals surface area contributed by atoms with Crippen molar-refractivity contribution < 1.29 is 9.53 Å². The van der Waals surface area contributed by atoms with Crippen molar-refractivity contribution in [2.24, 2.45) is 0 Å². The first-order valence-electron chi connectivity index (χ1n) is 9.46. The van der Waals surface area contributed by atoms with Crippen LogP contribution in [0.25, 0.3) is 16.8 Å². The van der Waals surface area contributed by atoms with Crippen LogP contribution < -0.4 is 5.32 Å². The summed E-state index contributed by atoms with van der Waals surface area (Å²) in [4.78, 5) is 12.9. The minimum absolute atomic E-state index is 0.175. The molecule has 1 N–H and O–H groups in total. The summed E-state index contributed by atoms with van der Waals surface area (Å²) in [6.45, 7) is 3.93. The molecule has 0 radical (unpaired) electrons. The molecule has 0 aliphatic heterocycles. The molecule has 0 unspecified atom stereocenters. The molecular weight excluding hydrogens is 437 g/mol. The Balaban J connectivity index is 1.77. The molecule has 1 amide bonds. The van der Waals surface area contributed by atoms with Crippen molar-refractivity contribution in [2.45, 2.75) is 20.5 Å². The average Bonchev–Trinajstić information content (AvgIpc) is 3.11. The summed E-state index contributed by atoms with van der Waals surface area (Å²) in [6, 6.07) is 12.6. The van der Waals surface area contributed by atoms with Gasteiger partial charge in [-0.3, -0.25) is 4.79 Å². The summed E-state index contributed by atoms with van der Waals surface area (Å²) in [5.41, 5.74) is 5.11. The van der Waals surface area contributed by atoms with E-state index in [1.165, 1.54) is 0 Å². The lowest BCUT2D eigenvalue weighted by atomic mass is 10.1. The molecule has 31 heavy (non-hydrogen) atoms. The Morgan fingerprint density at radius 2 is 1.84 bits per heavy atom. The fourth-order valence-electron chi connectivity index (χ4n) is 3.32. The van der Waals surface area contributed by atoms with E-state index in [0.29, 0.717) is 32.8 Å². The molecule has 0 saturated carbocycles. The molecule has 7 nitrogen and oxygen atoms in total. The van der Waals surface area contributed by atoms with Crippen molar-refractivity contribution in [1.29, 1.82) is 0 Å². The minimum Gasteiger partial charge on any atom is -0.378 e. The van der Waals surface area contributed by atoms with Crippen LogP contribution in [0.4, 0.5) is 5.69 Å². The molecule has 0 saturated heterocycles. The Labute approximate surface area is 189 Å². The zero-order valence-corrected chi connectivity index (χ0v) is 18.6. The van der Waals surface area contributed by atoms with Gasteiger partial charge in [-0.2, -0.15) is 5.10 Å². The molecule has 0 atom stereocenters. The summed E-state index contributed by atoms with van der Waals surface area (Å²) in [5.74, 6) is -0.384. The van der Waals surface area contributed by atoms with E-state index >= 15 is 0 Å². The lowest BCUT2D eigenvalue weighted by Gasteiger charge is -2.09. The zero-order valence-electron chi connectivity index (χ0n) is 17.1. The quantitative estimate of drug-likeness (QED) is 0.451. The number of nitrogens with zero attached hydrogens (tertiary/aromatic N) is 4. The SMILES string of the molecule is COCc1nn2c(C)c(C(=O)Nc3ccc(Cl)c(C)c3)nnc2c1-c1ccc(Cl)cc1. The van der Waals surface area contributed by atoms with Gasteiger partial charge in [0.1, 0.15) is 0 Å². The van der Waals surface area contributed by atoms with Crippen molar-refractivity contribution in [3.8, 4) is 11.1 Å².